The number of alkyl carbamates (subject to hydrolysis) is 1. The number of carbonyl (C=O) groups excluding carboxylic acids is 4. The van der Waals surface area contributed by atoms with Crippen LogP contribution in [0.15, 0.2) is 42.5 Å². The summed E-state index contributed by atoms with van der Waals surface area (Å²) in [6.45, 7) is 7.92. The molecule has 53 heavy (non-hydrogen) atoms. The molecule has 286 valence electrons. The highest BCUT2D eigenvalue weighted by molar-refractivity contribution is 5.92. The SMILES string of the molecule is COc1ccc(C[C@@H]2C[C@@H](C(=O)NCc3ccc4c(c3)nnn4C)N(C(=O)C(CCC(=O)N3CCN(C(=O)O)C[C@@H]3C)NC(=O)OC(C)(C)C)C2)cc1. The third kappa shape index (κ3) is 9.93. The lowest BCUT2D eigenvalue weighted by atomic mass is 9.96. The first kappa shape index (κ1) is 38.8. The van der Waals surface area contributed by atoms with Gasteiger partial charge in [0, 0.05) is 52.2 Å². The monoisotopic (exact) mass is 734 g/mol. The molecule has 2 aliphatic heterocycles. The second kappa shape index (κ2) is 16.5. The van der Waals surface area contributed by atoms with Crippen molar-refractivity contribution in [2.45, 2.75) is 83.6 Å². The number of fused-ring (bicyclic) bond motifs is 1. The molecule has 2 aliphatic rings. The van der Waals surface area contributed by atoms with Gasteiger partial charge in [-0.05, 0) is 88.3 Å². The molecular weight excluding hydrogens is 684 g/mol. The molecule has 3 heterocycles. The fourth-order valence-corrected chi connectivity index (χ4v) is 6.98. The number of benzene rings is 2. The first-order valence-electron chi connectivity index (χ1n) is 17.9. The maximum Gasteiger partial charge on any atom is 0.408 e. The van der Waals surface area contributed by atoms with Crippen molar-refractivity contribution >= 4 is 40.9 Å². The van der Waals surface area contributed by atoms with E-state index in [0.717, 1.165) is 22.4 Å². The van der Waals surface area contributed by atoms with E-state index < -0.39 is 35.8 Å². The minimum Gasteiger partial charge on any atom is -0.497 e. The quantitative estimate of drug-likeness (QED) is 0.264. The van der Waals surface area contributed by atoms with Crippen molar-refractivity contribution in [1.29, 1.82) is 0 Å². The Morgan fingerprint density at radius 3 is 2.38 bits per heavy atom. The highest BCUT2D eigenvalue weighted by Crippen LogP contribution is 2.29. The largest absolute Gasteiger partial charge is 0.497 e. The summed E-state index contributed by atoms with van der Waals surface area (Å²) < 4.78 is 12.5. The van der Waals surface area contributed by atoms with Crippen LogP contribution in [0.1, 0.15) is 58.1 Å². The van der Waals surface area contributed by atoms with E-state index in [1.54, 1.807) is 51.4 Å². The molecule has 1 unspecified atom stereocenters. The van der Waals surface area contributed by atoms with E-state index in [1.165, 1.54) is 9.80 Å². The van der Waals surface area contributed by atoms with Gasteiger partial charge in [0.1, 0.15) is 29.0 Å². The van der Waals surface area contributed by atoms with E-state index in [0.29, 0.717) is 18.4 Å². The number of ether oxygens (including phenoxy) is 2. The smallest absolute Gasteiger partial charge is 0.408 e. The predicted molar refractivity (Wildman–Crippen MR) is 194 cm³/mol. The van der Waals surface area contributed by atoms with Crippen molar-refractivity contribution in [3.63, 3.8) is 0 Å². The molecule has 0 saturated carbocycles. The number of methoxy groups -OCH3 is 1. The zero-order chi connectivity index (χ0) is 38.4. The molecule has 3 N–H and O–H groups in total. The summed E-state index contributed by atoms with van der Waals surface area (Å²) in [5.41, 5.74) is 2.54. The minimum atomic E-state index is -1.17. The summed E-state index contributed by atoms with van der Waals surface area (Å²) in [4.78, 5) is 70.7. The number of nitrogens with zero attached hydrogens (tertiary/aromatic N) is 6. The summed E-state index contributed by atoms with van der Waals surface area (Å²) in [5, 5.41) is 23.3. The molecule has 4 atom stereocenters. The van der Waals surface area contributed by atoms with Crippen LogP contribution in [0.2, 0.25) is 0 Å². The number of hydrogen-bond donors (Lipinski definition) is 3. The molecule has 0 bridgehead atoms. The van der Waals surface area contributed by atoms with Gasteiger partial charge in [0.2, 0.25) is 17.7 Å². The number of likely N-dealkylation sites (tertiary alicyclic amines) is 1. The van der Waals surface area contributed by atoms with Gasteiger partial charge in [-0.1, -0.05) is 23.4 Å². The summed E-state index contributed by atoms with van der Waals surface area (Å²) >= 11 is 0. The van der Waals surface area contributed by atoms with Crippen molar-refractivity contribution in [3.8, 4) is 5.75 Å². The van der Waals surface area contributed by atoms with Gasteiger partial charge >= 0.3 is 12.2 Å². The zero-order valence-electron chi connectivity index (χ0n) is 31.2. The first-order valence-corrected chi connectivity index (χ1v) is 17.9. The van der Waals surface area contributed by atoms with Crippen LogP contribution in [0, 0.1) is 5.92 Å². The van der Waals surface area contributed by atoms with Gasteiger partial charge in [0.25, 0.3) is 0 Å². The van der Waals surface area contributed by atoms with Crippen LogP contribution in [0.5, 0.6) is 5.75 Å². The number of aromatic nitrogens is 3. The molecule has 2 fully saturated rings. The third-order valence-electron chi connectivity index (χ3n) is 9.65. The van der Waals surface area contributed by atoms with Gasteiger partial charge in [-0.15, -0.1) is 5.10 Å². The van der Waals surface area contributed by atoms with Gasteiger partial charge in [0.15, 0.2) is 0 Å². The van der Waals surface area contributed by atoms with E-state index in [9.17, 15) is 29.1 Å². The number of aryl methyl sites for hydroxylation is 1. The molecule has 16 nitrogen and oxygen atoms in total. The molecular formula is C37H50N8O8. The lowest BCUT2D eigenvalue weighted by Crippen LogP contribution is -2.56. The second-order valence-electron chi connectivity index (χ2n) is 14.8. The molecule has 2 aromatic carbocycles. The van der Waals surface area contributed by atoms with Gasteiger partial charge in [0.05, 0.1) is 12.6 Å². The number of amides is 5. The number of piperazine rings is 1. The summed E-state index contributed by atoms with van der Waals surface area (Å²) in [6, 6.07) is 10.9. The van der Waals surface area contributed by atoms with Crippen LogP contribution in [0.4, 0.5) is 9.59 Å². The topological polar surface area (TPSA) is 189 Å². The van der Waals surface area contributed by atoms with Crippen LogP contribution < -0.4 is 15.4 Å². The summed E-state index contributed by atoms with van der Waals surface area (Å²) in [6.07, 6.45) is -1.01. The van der Waals surface area contributed by atoms with Gasteiger partial charge < -0.3 is 39.9 Å². The van der Waals surface area contributed by atoms with Crippen molar-refractivity contribution in [1.82, 2.24) is 40.3 Å². The molecule has 0 spiro atoms. The zero-order valence-corrected chi connectivity index (χ0v) is 31.2. The van der Waals surface area contributed by atoms with Crippen molar-refractivity contribution < 1.29 is 38.6 Å². The second-order valence-corrected chi connectivity index (χ2v) is 14.8. The van der Waals surface area contributed by atoms with Crippen molar-refractivity contribution in [2.75, 3.05) is 33.3 Å². The Kier molecular flexibility index (Phi) is 12.1. The Balaban J connectivity index is 1.34. The highest BCUT2D eigenvalue weighted by Gasteiger charge is 2.42. The third-order valence-corrected chi connectivity index (χ3v) is 9.65. The number of nitrogens with one attached hydrogen (secondary N) is 2. The van der Waals surface area contributed by atoms with Crippen LogP contribution in [0.3, 0.4) is 0 Å². The van der Waals surface area contributed by atoms with Crippen molar-refractivity contribution in [2.24, 2.45) is 13.0 Å². The molecule has 5 rings (SSSR count). The van der Waals surface area contributed by atoms with Gasteiger partial charge in [-0.3, -0.25) is 14.4 Å². The van der Waals surface area contributed by atoms with E-state index in [2.05, 4.69) is 20.9 Å². The average Bonchev–Trinajstić information content (AvgIpc) is 3.70. The molecule has 1 aromatic heterocycles. The molecule has 0 aliphatic carbocycles. The van der Waals surface area contributed by atoms with Crippen LogP contribution >= 0.6 is 0 Å². The van der Waals surface area contributed by atoms with Crippen molar-refractivity contribution in [3.05, 3.63) is 53.6 Å². The maximum atomic E-state index is 14.5. The Morgan fingerprint density at radius 2 is 1.72 bits per heavy atom. The standard InChI is InChI=1S/C37H50N8O8/c1-23-21-43(36(50)51)15-16-44(23)32(46)14-12-28(39-35(49)53-37(2,3)4)34(48)45-22-26(17-24-7-10-27(52-6)11-8-24)19-31(45)33(47)38-20-25-9-13-30-29(18-25)40-41-42(30)5/h7-11,13,18,23,26,28,31H,12,14-17,19-22H2,1-6H3,(H,38,47)(H,39,49)(H,50,51)/t23-,26+,28?,31-/m0/s1. The van der Waals surface area contributed by atoms with E-state index in [1.807, 2.05) is 42.5 Å². The first-order chi connectivity index (χ1) is 25.1. The normalized spacial score (nSPS) is 19.5. The average molecular weight is 735 g/mol. The summed E-state index contributed by atoms with van der Waals surface area (Å²) in [5.74, 6) is -0.454. The predicted octanol–water partition coefficient (Wildman–Crippen LogP) is 2.94. The fourth-order valence-electron chi connectivity index (χ4n) is 6.98. The Bertz CT molecular complexity index is 1810. The Morgan fingerprint density at radius 1 is 1.00 bits per heavy atom. The van der Waals surface area contributed by atoms with Crippen LogP contribution in [-0.2, 0) is 39.1 Å². The fraction of sp³-hybridized carbons (Fsp3) is 0.541. The highest BCUT2D eigenvalue weighted by atomic mass is 16.6. The minimum absolute atomic E-state index is 0.0467. The lowest BCUT2D eigenvalue weighted by molar-refractivity contribution is -0.141. The van der Waals surface area contributed by atoms with Crippen LogP contribution in [-0.4, -0.2) is 122 Å². The van der Waals surface area contributed by atoms with E-state index in [-0.39, 0.29) is 69.3 Å². The Hall–Kier alpha value is -5.41. The molecule has 3 aromatic rings. The molecule has 0 radical (unpaired) electrons. The molecule has 2 saturated heterocycles. The van der Waals surface area contributed by atoms with Crippen LogP contribution in [0.25, 0.3) is 11.0 Å². The van der Waals surface area contributed by atoms with E-state index in [4.69, 9.17) is 9.47 Å². The molecule has 16 heteroatoms. The number of hydrogen-bond acceptors (Lipinski definition) is 9. The number of rotatable bonds is 11. The maximum absolute atomic E-state index is 14.5. The summed E-state index contributed by atoms with van der Waals surface area (Å²) in [7, 11) is 3.40. The number of carboxylic acid groups (broad SMARTS) is 1. The lowest BCUT2D eigenvalue weighted by Gasteiger charge is -2.39. The number of carbonyl (C=O) groups is 5. The van der Waals surface area contributed by atoms with Gasteiger partial charge in [-0.25, -0.2) is 14.3 Å². The Labute approximate surface area is 308 Å². The van der Waals surface area contributed by atoms with E-state index >= 15 is 0 Å². The van der Waals surface area contributed by atoms with Gasteiger partial charge in [-0.2, -0.15) is 0 Å². The molecule has 5 amide bonds.